The third-order valence-electron chi connectivity index (χ3n) is 6.28. The summed E-state index contributed by atoms with van der Waals surface area (Å²) in [7, 11) is -3.63. The zero-order valence-electron chi connectivity index (χ0n) is 20.1. The summed E-state index contributed by atoms with van der Waals surface area (Å²) >= 11 is 4.83. The van der Waals surface area contributed by atoms with Crippen molar-refractivity contribution in [2.75, 3.05) is 11.6 Å². The van der Waals surface area contributed by atoms with Gasteiger partial charge in [0.1, 0.15) is 0 Å². The van der Waals surface area contributed by atoms with Crippen molar-refractivity contribution in [1.29, 1.82) is 0 Å². The monoisotopic (exact) mass is 596 g/mol. The van der Waals surface area contributed by atoms with Crippen molar-refractivity contribution < 1.29 is 13.2 Å². The van der Waals surface area contributed by atoms with Crippen molar-refractivity contribution in [2.24, 2.45) is 5.10 Å². The van der Waals surface area contributed by atoms with E-state index in [1.165, 1.54) is 28.5 Å². The van der Waals surface area contributed by atoms with E-state index in [0.717, 1.165) is 39.5 Å². The van der Waals surface area contributed by atoms with E-state index < -0.39 is 15.9 Å². The van der Waals surface area contributed by atoms with E-state index in [0.29, 0.717) is 17.2 Å². The molecule has 1 saturated heterocycles. The minimum Gasteiger partial charge on any atom is -0.267 e. The van der Waals surface area contributed by atoms with Crippen LogP contribution >= 0.6 is 27.3 Å². The molecule has 0 radical (unpaired) electrons. The van der Waals surface area contributed by atoms with Crippen LogP contribution in [-0.2, 0) is 10.0 Å². The lowest BCUT2D eigenvalue weighted by Crippen LogP contribution is -2.41. The Balaban J connectivity index is 1.47. The highest BCUT2D eigenvalue weighted by Gasteiger charge is 2.31. The first-order valence-corrected chi connectivity index (χ1v) is 15.0. The number of amides is 1. The number of halogens is 1. The number of piperidine rings is 1. The Morgan fingerprint density at radius 2 is 1.86 bits per heavy atom. The van der Waals surface area contributed by atoms with E-state index in [1.54, 1.807) is 22.7 Å². The average molecular weight is 598 g/mol. The Hall–Kier alpha value is -2.92. The van der Waals surface area contributed by atoms with Gasteiger partial charge in [0.25, 0.3) is 5.91 Å². The van der Waals surface area contributed by atoms with Gasteiger partial charge < -0.3 is 0 Å². The number of rotatable bonds is 6. The Kier molecular flexibility index (Phi) is 7.52. The second kappa shape index (κ2) is 10.8. The minimum absolute atomic E-state index is 0.0399. The molecule has 1 unspecified atom stereocenters. The molecule has 4 aromatic rings. The first kappa shape index (κ1) is 25.7. The highest BCUT2D eigenvalue weighted by molar-refractivity contribution is 9.10. The maximum atomic E-state index is 13.6. The van der Waals surface area contributed by atoms with E-state index in [4.69, 9.17) is 0 Å². The predicted octanol–water partition coefficient (Wildman–Crippen LogP) is 6.30. The van der Waals surface area contributed by atoms with Crippen molar-refractivity contribution in [2.45, 2.75) is 37.1 Å². The lowest BCUT2D eigenvalue weighted by atomic mass is 10.1. The topological polar surface area (TPSA) is 82.9 Å². The predicted molar refractivity (Wildman–Crippen MR) is 152 cm³/mol. The van der Waals surface area contributed by atoms with Crippen molar-refractivity contribution in [3.8, 4) is 0 Å². The molecule has 5 rings (SSSR count). The van der Waals surface area contributed by atoms with E-state index >= 15 is 0 Å². The quantitative estimate of drug-likeness (QED) is 0.193. The highest BCUT2D eigenvalue weighted by atomic mass is 79.9. The van der Waals surface area contributed by atoms with Crippen molar-refractivity contribution in [1.82, 2.24) is 9.29 Å². The van der Waals surface area contributed by atoms with Crippen molar-refractivity contribution in [3.05, 3.63) is 88.4 Å². The zero-order valence-corrected chi connectivity index (χ0v) is 23.3. The number of carbonyl (C=O) groups excluding carboxylic acids is 1. The van der Waals surface area contributed by atoms with Gasteiger partial charge in [-0.05, 0) is 67.8 Å². The number of fused-ring (bicyclic) bond motifs is 1. The van der Waals surface area contributed by atoms with Gasteiger partial charge in [-0.15, -0.1) is 0 Å². The Morgan fingerprint density at radius 1 is 1.11 bits per heavy atom. The van der Waals surface area contributed by atoms with Crippen LogP contribution in [0, 0.1) is 0 Å². The molecule has 1 aromatic heterocycles. The number of hydrazone groups is 1. The fourth-order valence-corrected chi connectivity index (χ4v) is 7.46. The molecule has 0 saturated carbocycles. The average Bonchev–Trinajstić information content (AvgIpc) is 3.32. The Morgan fingerprint density at radius 3 is 2.59 bits per heavy atom. The molecule has 1 aliphatic heterocycles. The molecule has 10 heteroatoms. The Labute approximate surface area is 228 Å². The molecule has 2 heterocycles. The summed E-state index contributed by atoms with van der Waals surface area (Å²) in [5.41, 5.74) is 1.91. The minimum atomic E-state index is -3.63. The molecule has 7 nitrogen and oxygen atoms in total. The standard InChI is InChI=1S/C27H25BrN4O3S2/c1-19-7-5-6-16-31(19)37(34,35)23-13-10-21(11-14-23)26(33)32(29-18-20-8-3-2-4-9-20)27-30-24-15-12-22(28)17-25(24)36-27/h2-4,8-15,17-19H,5-7,16H2,1H3/b29-18+. The molecule has 1 atom stereocenters. The zero-order chi connectivity index (χ0) is 26.0. The summed E-state index contributed by atoms with van der Waals surface area (Å²) in [6, 6.07) is 21.2. The van der Waals surface area contributed by atoms with Gasteiger partial charge in [-0.25, -0.2) is 13.4 Å². The van der Waals surface area contributed by atoms with Crippen LogP contribution in [0.4, 0.5) is 5.13 Å². The number of hydrogen-bond acceptors (Lipinski definition) is 6. The number of aromatic nitrogens is 1. The fourth-order valence-electron chi connectivity index (χ4n) is 4.29. The van der Waals surface area contributed by atoms with Crippen molar-refractivity contribution >= 4 is 64.8 Å². The van der Waals surface area contributed by atoms with Crippen LogP contribution in [-0.4, -0.2) is 42.4 Å². The third kappa shape index (κ3) is 5.52. The fraction of sp³-hybridized carbons (Fsp3) is 0.222. The maximum absolute atomic E-state index is 13.6. The number of carbonyl (C=O) groups is 1. The van der Waals surface area contributed by atoms with Gasteiger partial charge in [0.15, 0.2) is 0 Å². The van der Waals surface area contributed by atoms with Crippen molar-refractivity contribution in [3.63, 3.8) is 0 Å². The van der Waals surface area contributed by atoms with Gasteiger partial charge >= 0.3 is 0 Å². The molecular weight excluding hydrogens is 572 g/mol. The van der Waals surface area contributed by atoms with Gasteiger partial charge in [-0.3, -0.25) is 4.79 Å². The van der Waals surface area contributed by atoms with E-state index in [2.05, 4.69) is 26.0 Å². The van der Waals surface area contributed by atoms with E-state index in [1.807, 2.05) is 55.5 Å². The number of nitrogens with zero attached hydrogens (tertiary/aromatic N) is 4. The van der Waals surface area contributed by atoms with Crippen LogP contribution < -0.4 is 5.01 Å². The number of thiazole rings is 1. The number of benzene rings is 3. The van der Waals surface area contributed by atoms with E-state index in [-0.39, 0.29) is 10.9 Å². The van der Waals surface area contributed by atoms with Crippen LogP contribution in [0.25, 0.3) is 10.2 Å². The largest absolute Gasteiger partial charge is 0.280 e. The molecule has 3 aromatic carbocycles. The third-order valence-corrected chi connectivity index (χ3v) is 9.80. The molecule has 1 amide bonds. The maximum Gasteiger partial charge on any atom is 0.280 e. The van der Waals surface area contributed by atoms with E-state index in [9.17, 15) is 13.2 Å². The first-order valence-electron chi connectivity index (χ1n) is 11.9. The summed E-state index contributed by atoms with van der Waals surface area (Å²) < 4.78 is 29.8. The molecule has 0 aliphatic carbocycles. The van der Waals surface area contributed by atoms with Gasteiger partial charge in [0, 0.05) is 22.6 Å². The molecule has 0 N–H and O–H groups in total. The summed E-state index contributed by atoms with van der Waals surface area (Å²) in [5, 5.41) is 6.17. The molecule has 0 bridgehead atoms. The van der Waals surface area contributed by atoms with Gasteiger partial charge in [0.2, 0.25) is 15.2 Å². The number of hydrogen-bond donors (Lipinski definition) is 0. The van der Waals surface area contributed by atoms with Gasteiger partial charge in [-0.1, -0.05) is 64.0 Å². The summed E-state index contributed by atoms with van der Waals surface area (Å²) in [6.07, 6.45) is 4.34. The van der Waals surface area contributed by atoms with Crippen LogP contribution in [0.15, 0.2) is 87.3 Å². The summed E-state index contributed by atoms with van der Waals surface area (Å²) in [5.74, 6) is -0.402. The molecule has 0 spiro atoms. The molecule has 1 fully saturated rings. The molecular formula is C27H25BrN4O3S2. The second-order valence-corrected chi connectivity index (χ2v) is 12.7. The Bertz CT molecular complexity index is 1550. The molecule has 190 valence electrons. The smallest absolute Gasteiger partial charge is 0.267 e. The normalized spacial score (nSPS) is 16.9. The van der Waals surface area contributed by atoms with Crippen LogP contribution in [0.2, 0.25) is 0 Å². The SMILES string of the molecule is CC1CCCCN1S(=O)(=O)c1ccc(C(=O)N(/N=C/c2ccccc2)c2nc3ccc(Br)cc3s2)cc1. The molecule has 37 heavy (non-hydrogen) atoms. The molecule has 1 aliphatic rings. The lowest BCUT2D eigenvalue weighted by molar-refractivity contribution is 0.0987. The highest BCUT2D eigenvalue weighted by Crippen LogP contribution is 2.32. The van der Waals surface area contributed by atoms with Gasteiger partial charge in [0.05, 0.1) is 21.3 Å². The number of sulfonamides is 1. The van der Waals surface area contributed by atoms with Crippen LogP contribution in [0.1, 0.15) is 42.1 Å². The number of anilines is 1. The van der Waals surface area contributed by atoms with Crippen LogP contribution in [0.3, 0.4) is 0 Å². The first-order chi connectivity index (χ1) is 17.8. The summed E-state index contributed by atoms with van der Waals surface area (Å²) in [4.78, 5) is 18.4. The van der Waals surface area contributed by atoms with Crippen LogP contribution in [0.5, 0.6) is 0 Å². The lowest BCUT2D eigenvalue weighted by Gasteiger charge is -2.32. The second-order valence-electron chi connectivity index (χ2n) is 8.87. The summed E-state index contributed by atoms with van der Waals surface area (Å²) in [6.45, 7) is 2.45. The van der Waals surface area contributed by atoms with Gasteiger partial charge in [-0.2, -0.15) is 14.4 Å².